The van der Waals surface area contributed by atoms with Crippen LogP contribution in [0.1, 0.15) is 15.9 Å². The number of carbonyl (C=O) groups is 1. The van der Waals surface area contributed by atoms with Crippen LogP contribution in [-0.2, 0) is 16.4 Å². The van der Waals surface area contributed by atoms with Crippen LogP contribution >= 0.6 is 23.6 Å². The Kier molecular flexibility index (Phi) is 8.26. The number of aromatic nitrogens is 1. The van der Waals surface area contributed by atoms with Gasteiger partial charge < -0.3 is 10.1 Å². The minimum Gasteiger partial charge on any atom is -0.492 e. The number of hydrogen-bond donors (Lipinski definition) is 3. The molecular weight excluding hydrogens is 517 g/mol. The fourth-order valence-corrected chi connectivity index (χ4v) is 5.20. The second kappa shape index (κ2) is 11.8. The number of amides is 1. The molecule has 11 heteroatoms. The van der Waals surface area contributed by atoms with Crippen LogP contribution in [0.15, 0.2) is 95.3 Å². The highest BCUT2D eigenvalue weighted by Crippen LogP contribution is 2.20. The molecule has 4 rings (SSSR count). The van der Waals surface area contributed by atoms with Crippen LogP contribution in [-0.4, -0.2) is 31.0 Å². The molecule has 0 aliphatic carbocycles. The number of anilines is 2. The predicted octanol–water partition coefficient (Wildman–Crippen LogP) is 4.69. The number of hydrogen-bond acceptors (Lipinski definition) is 7. The Balaban J connectivity index is 1.33. The van der Waals surface area contributed by atoms with Crippen LogP contribution in [0.5, 0.6) is 5.75 Å². The van der Waals surface area contributed by atoms with Crippen LogP contribution in [0.25, 0.3) is 0 Å². The van der Waals surface area contributed by atoms with Gasteiger partial charge in [0, 0.05) is 23.7 Å². The Morgan fingerprint density at radius 1 is 0.972 bits per heavy atom. The van der Waals surface area contributed by atoms with Crippen molar-refractivity contribution in [2.75, 3.05) is 16.6 Å². The Hall–Kier alpha value is -3.80. The van der Waals surface area contributed by atoms with Crippen LogP contribution in [0, 0.1) is 0 Å². The number of nitrogens with zero attached hydrogens (tertiary/aromatic N) is 1. The maximum atomic E-state index is 12.8. The molecule has 0 saturated carbocycles. The van der Waals surface area contributed by atoms with Crippen molar-refractivity contribution < 1.29 is 17.9 Å². The standard InChI is InChI=1S/C25H22N4O4S3/c30-23(21-8-4-5-9-22(21)33-16-14-18-6-2-1-3-7-18)28-24(34)27-19-10-12-20(13-11-19)36(31,32)29-25-26-15-17-35-25/h1-13,15,17H,14,16H2,(H,26,29)(H2,27,28,30,34). The normalized spacial score (nSPS) is 10.9. The molecule has 0 fully saturated rings. The van der Waals surface area contributed by atoms with Gasteiger partial charge >= 0.3 is 0 Å². The first-order chi connectivity index (χ1) is 17.4. The summed E-state index contributed by atoms with van der Waals surface area (Å²) in [6, 6.07) is 22.8. The second-order valence-electron chi connectivity index (χ2n) is 7.46. The lowest BCUT2D eigenvalue weighted by atomic mass is 10.1. The molecule has 36 heavy (non-hydrogen) atoms. The number of ether oxygens (including phenoxy) is 1. The average Bonchev–Trinajstić information content (AvgIpc) is 3.37. The molecule has 0 saturated heterocycles. The van der Waals surface area contributed by atoms with E-state index in [-0.39, 0.29) is 15.1 Å². The van der Waals surface area contributed by atoms with E-state index in [1.165, 1.54) is 29.7 Å². The minimum atomic E-state index is -3.76. The van der Waals surface area contributed by atoms with Crippen LogP contribution in [0.4, 0.5) is 10.8 Å². The third-order valence-electron chi connectivity index (χ3n) is 4.93. The van der Waals surface area contributed by atoms with Gasteiger partial charge in [-0.3, -0.25) is 14.8 Å². The number of thiazole rings is 1. The quantitative estimate of drug-likeness (QED) is 0.265. The van der Waals surface area contributed by atoms with E-state index in [0.29, 0.717) is 30.0 Å². The average molecular weight is 539 g/mol. The smallest absolute Gasteiger partial charge is 0.263 e. The fourth-order valence-electron chi connectivity index (χ4n) is 3.20. The zero-order valence-electron chi connectivity index (χ0n) is 18.9. The van der Waals surface area contributed by atoms with Crippen molar-refractivity contribution in [3.63, 3.8) is 0 Å². The van der Waals surface area contributed by atoms with Crippen molar-refractivity contribution >= 4 is 55.4 Å². The molecule has 0 bridgehead atoms. The summed E-state index contributed by atoms with van der Waals surface area (Å²) in [5.41, 5.74) is 2.01. The molecule has 184 valence electrons. The van der Waals surface area contributed by atoms with Gasteiger partial charge in [0.25, 0.3) is 15.9 Å². The molecule has 1 aromatic heterocycles. The van der Waals surface area contributed by atoms with Crippen LogP contribution in [0.3, 0.4) is 0 Å². The molecule has 8 nitrogen and oxygen atoms in total. The van der Waals surface area contributed by atoms with Gasteiger partial charge in [-0.05, 0) is 54.2 Å². The van der Waals surface area contributed by atoms with Crippen molar-refractivity contribution in [1.29, 1.82) is 0 Å². The van der Waals surface area contributed by atoms with E-state index >= 15 is 0 Å². The molecule has 0 radical (unpaired) electrons. The number of benzene rings is 3. The largest absolute Gasteiger partial charge is 0.492 e. The predicted molar refractivity (Wildman–Crippen MR) is 145 cm³/mol. The third-order valence-corrected chi connectivity index (χ3v) is 7.30. The van der Waals surface area contributed by atoms with E-state index in [1.807, 2.05) is 30.3 Å². The van der Waals surface area contributed by atoms with Gasteiger partial charge in [0.15, 0.2) is 10.2 Å². The lowest BCUT2D eigenvalue weighted by Crippen LogP contribution is -2.34. The van der Waals surface area contributed by atoms with Gasteiger partial charge in [0.2, 0.25) is 0 Å². The summed E-state index contributed by atoms with van der Waals surface area (Å²) < 4.78 is 33.2. The lowest BCUT2D eigenvalue weighted by molar-refractivity contribution is 0.0974. The molecule has 1 amide bonds. The number of thiocarbonyl (C=S) groups is 1. The van der Waals surface area contributed by atoms with Gasteiger partial charge in [-0.15, -0.1) is 11.3 Å². The highest BCUT2D eigenvalue weighted by atomic mass is 32.2. The highest BCUT2D eigenvalue weighted by Gasteiger charge is 2.16. The Labute approximate surface area is 218 Å². The Bertz CT molecular complexity index is 1430. The minimum absolute atomic E-state index is 0.0654. The molecule has 0 atom stereocenters. The first-order valence-electron chi connectivity index (χ1n) is 10.8. The number of sulfonamides is 1. The summed E-state index contributed by atoms with van der Waals surface area (Å²) in [7, 11) is -3.76. The summed E-state index contributed by atoms with van der Waals surface area (Å²) in [6.45, 7) is 0.420. The number of carbonyl (C=O) groups excluding carboxylic acids is 1. The van der Waals surface area contributed by atoms with Gasteiger partial charge in [0.05, 0.1) is 17.1 Å². The maximum absolute atomic E-state index is 12.8. The molecule has 0 aliphatic rings. The lowest BCUT2D eigenvalue weighted by Gasteiger charge is -2.13. The van der Waals surface area contributed by atoms with Crippen molar-refractivity contribution in [2.24, 2.45) is 0 Å². The molecule has 3 N–H and O–H groups in total. The summed E-state index contributed by atoms with van der Waals surface area (Å²) in [5, 5.41) is 7.54. The molecule has 4 aromatic rings. The monoisotopic (exact) mass is 538 g/mol. The first kappa shape index (κ1) is 25.3. The zero-order chi connectivity index (χ0) is 25.4. The van der Waals surface area contributed by atoms with Crippen molar-refractivity contribution in [2.45, 2.75) is 11.3 Å². The van der Waals surface area contributed by atoms with E-state index in [4.69, 9.17) is 17.0 Å². The Morgan fingerprint density at radius 2 is 1.69 bits per heavy atom. The van der Waals surface area contributed by atoms with E-state index < -0.39 is 15.9 Å². The Morgan fingerprint density at radius 3 is 2.42 bits per heavy atom. The number of rotatable bonds is 9. The summed E-state index contributed by atoms with van der Waals surface area (Å²) >= 11 is 6.45. The summed E-state index contributed by atoms with van der Waals surface area (Å²) in [5.74, 6) is 0.0330. The number of nitrogens with one attached hydrogen (secondary N) is 3. The van der Waals surface area contributed by atoms with Gasteiger partial charge in [-0.25, -0.2) is 13.4 Å². The summed E-state index contributed by atoms with van der Waals surface area (Å²) in [4.78, 5) is 16.8. The van der Waals surface area contributed by atoms with Gasteiger partial charge in [-0.1, -0.05) is 42.5 Å². The van der Waals surface area contributed by atoms with E-state index in [9.17, 15) is 13.2 Å². The molecular formula is C25H22N4O4S3. The molecule has 3 aromatic carbocycles. The number of para-hydroxylation sites is 1. The second-order valence-corrected chi connectivity index (χ2v) is 10.4. The van der Waals surface area contributed by atoms with Gasteiger partial charge in [0.1, 0.15) is 5.75 Å². The van der Waals surface area contributed by atoms with Crippen molar-refractivity contribution in [3.8, 4) is 5.75 Å². The molecule has 0 unspecified atom stereocenters. The van der Waals surface area contributed by atoms with Crippen molar-refractivity contribution in [1.82, 2.24) is 10.3 Å². The maximum Gasteiger partial charge on any atom is 0.263 e. The topological polar surface area (TPSA) is 109 Å². The molecule has 0 aliphatic heterocycles. The van der Waals surface area contributed by atoms with Gasteiger partial charge in [-0.2, -0.15) is 0 Å². The summed E-state index contributed by atoms with van der Waals surface area (Å²) in [6.07, 6.45) is 2.22. The van der Waals surface area contributed by atoms with E-state index in [1.54, 1.807) is 41.8 Å². The molecule has 0 spiro atoms. The third kappa shape index (κ3) is 6.87. The molecule has 1 heterocycles. The first-order valence-corrected chi connectivity index (χ1v) is 13.6. The SMILES string of the molecule is O=C(NC(=S)Nc1ccc(S(=O)(=O)Nc2nccs2)cc1)c1ccccc1OCCc1ccccc1. The zero-order valence-corrected chi connectivity index (χ0v) is 21.3. The highest BCUT2D eigenvalue weighted by molar-refractivity contribution is 7.93. The van der Waals surface area contributed by atoms with Crippen LogP contribution in [0.2, 0.25) is 0 Å². The van der Waals surface area contributed by atoms with Crippen molar-refractivity contribution in [3.05, 3.63) is 102 Å². The fraction of sp³-hybridized carbons (Fsp3) is 0.0800. The van der Waals surface area contributed by atoms with E-state index in [2.05, 4.69) is 20.3 Å². The van der Waals surface area contributed by atoms with E-state index in [0.717, 1.165) is 5.56 Å². The van der Waals surface area contributed by atoms with Crippen LogP contribution < -0.4 is 20.1 Å².